The molecule has 0 unspecified atom stereocenters. The minimum Gasteiger partial charge on any atom is -0.480 e. The van der Waals surface area contributed by atoms with E-state index in [0.29, 0.717) is 0 Å². The molecule has 0 radical (unpaired) electrons. The predicted molar refractivity (Wildman–Crippen MR) is 55.2 cm³/mol. The number of aromatic nitrogens is 1. The molecule has 0 saturated carbocycles. The monoisotopic (exact) mass is 239 g/mol. The van der Waals surface area contributed by atoms with Gasteiger partial charge in [0.1, 0.15) is 11.1 Å². The van der Waals surface area contributed by atoms with Gasteiger partial charge in [-0.1, -0.05) is 0 Å². The molecule has 0 amide bonds. The molecule has 1 N–H and O–H groups in total. The fourth-order valence-corrected chi connectivity index (χ4v) is 1.47. The summed E-state index contributed by atoms with van der Waals surface area (Å²) < 4.78 is 31.1. The summed E-state index contributed by atoms with van der Waals surface area (Å²) in [6.45, 7) is 0. The number of pyridine rings is 1. The lowest BCUT2D eigenvalue weighted by Gasteiger charge is -2.06. The SMILES string of the molecule is COc1nc2c(F)c(F)ccc2cc1C(=O)O. The Labute approximate surface area is 94.5 Å². The maximum atomic E-state index is 13.4. The van der Waals surface area contributed by atoms with Crippen LogP contribution in [0.25, 0.3) is 10.9 Å². The number of ether oxygens (including phenoxy) is 1. The highest BCUT2D eigenvalue weighted by molar-refractivity contribution is 5.95. The molecule has 2 rings (SSSR count). The van der Waals surface area contributed by atoms with Gasteiger partial charge in [0, 0.05) is 5.39 Å². The van der Waals surface area contributed by atoms with E-state index in [1.54, 1.807) is 0 Å². The Balaban J connectivity index is 2.83. The van der Waals surface area contributed by atoms with Crippen LogP contribution in [0.4, 0.5) is 8.78 Å². The van der Waals surface area contributed by atoms with Crippen molar-refractivity contribution in [1.29, 1.82) is 0 Å². The van der Waals surface area contributed by atoms with Crippen molar-refractivity contribution < 1.29 is 23.4 Å². The number of benzene rings is 1. The number of aromatic carboxylic acids is 1. The third-order valence-electron chi connectivity index (χ3n) is 2.27. The second kappa shape index (κ2) is 3.97. The quantitative estimate of drug-likeness (QED) is 0.872. The molecule has 6 heteroatoms. The van der Waals surface area contributed by atoms with E-state index >= 15 is 0 Å². The molecule has 0 aliphatic heterocycles. The van der Waals surface area contributed by atoms with Crippen LogP contribution in [0, 0.1) is 11.6 Å². The minimum absolute atomic E-state index is 0.196. The number of carboxylic acids is 1. The Bertz CT molecular complexity index is 613. The normalized spacial score (nSPS) is 10.5. The van der Waals surface area contributed by atoms with Crippen molar-refractivity contribution in [3.8, 4) is 5.88 Å². The zero-order valence-corrected chi connectivity index (χ0v) is 8.70. The number of halogens is 2. The first-order valence-electron chi connectivity index (χ1n) is 4.60. The van der Waals surface area contributed by atoms with Crippen LogP contribution in [0.2, 0.25) is 0 Å². The van der Waals surface area contributed by atoms with Crippen molar-refractivity contribution in [3.63, 3.8) is 0 Å². The lowest BCUT2D eigenvalue weighted by molar-refractivity contribution is 0.0692. The van der Waals surface area contributed by atoms with E-state index in [0.717, 1.165) is 6.07 Å². The molecule has 88 valence electrons. The lowest BCUT2D eigenvalue weighted by Crippen LogP contribution is -2.03. The number of rotatable bonds is 2. The van der Waals surface area contributed by atoms with Gasteiger partial charge in [0.05, 0.1) is 7.11 Å². The van der Waals surface area contributed by atoms with Crippen molar-refractivity contribution >= 4 is 16.9 Å². The smallest absolute Gasteiger partial charge is 0.341 e. The molecule has 0 atom stereocenters. The van der Waals surface area contributed by atoms with Crippen LogP contribution in [-0.2, 0) is 0 Å². The summed E-state index contributed by atoms with van der Waals surface area (Å²) in [5.41, 5.74) is -0.460. The highest BCUT2D eigenvalue weighted by atomic mass is 19.2. The van der Waals surface area contributed by atoms with Crippen molar-refractivity contribution in [2.75, 3.05) is 7.11 Å². The molecule has 2 aromatic rings. The average Bonchev–Trinajstić information content (AvgIpc) is 2.32. The van der Waals surface area contributed by atoms with E-state index in [1.807, 2.05) is 0 Å². The number of hydrogen-bond donors (Lipinski definition) is 1. The maximum absolute atomic E-state index is 13.4. The molecule has 0 spiro atoms. The molecule has 0 bridgehead atoms. The highest BCUT2D eigenvalue weighted by Crippen LogP contribution is 2.25. The Morgan fingerprint density at radius 1 is 1.41 bits per heavy atom. The summed E-state index contributed by atoms with van der Waals surface area (Å²) in [6.07, 6.45) is 0. The average molecular weight is 239 g/mol. The van der Waals surface area contributed by atoms with Crippen molar-refractivity contribution in [1.82, 2.24) is 4.98 Å². The fraction of sp³-hybridized carbons (Fsp3) is 0.0909. The van der Waals surface area contributed by atoms with Gasteiger partial charge in [-0.25, -0.2) is 18.6 Å². The van der Waals surface area contributed by atoms with Crippen LogP contribution in [0.3, 0.4) is 0 Å². The summed E-state index contributed by atoms with van der Waals surface area (Å²) in [7, 11) is 1.21. The van der Waals surface area contributed by atoms with Gasteiger partial charge in [-0.2, -0.15) is 0 Å². The van der Waals surface area contributed by atoms with E-state index in [1.165, 1.54) is 19.2 Å². The molecule has 0 aliphatic rings. The lowest BCUT2D eigenvalue weighted by atomic mass is 10.1. The molecule has 1 heterocycles. The van der Waals surface area contributed by atoms with E-state index in [2.05, 4.69) is 4.98 Å². The molecule has 0 aliphatic carbocycles. The van der Waals surface area contributed by atoms with Gasteiger partial charge < -0.3 is 9.84 Å². The highest BCUT2D eigenvalue weighted by Gasteiger charge is 2.17. The van der Waals surface area contributed by atoms with Crippen LogP contribution < -0.4 is 4.74 Å². The van der Waals surface area contributed by atoms with E-state index in [4.69, 9.17) is 9.84 Å². The van der Waals surface area contributed by atoms with Crippen molar-refractivity contribution in [3.05, 3.63) is 35.4 Å². The number of carbonyl (C=O) groups is 1. The zero-order chi connectivity index (χ0) is 12.6. The van der Waals surface area contributed by atoms with Gasteiger partial charge in [0.25, 0.3) is 0 Å². The van der Waals surface area contributed by atoms with Gasteiger partial charge >= 0.3 is 5.97 Å². The van der Waals surface area contributed by atoms with Crippen LogP contribution in [0.15, 0.2) is 18.2 Å². The molecule has 1 aromatic carbocycles. The summed E-state index contributed by atoms with van der Waals surface area (Å²) in [5.74, 6) is -3.68. The van der Waals surface area contributed by atoms with Crippen LogP contribution in [0.5, 0.6) is 5.88 Å². The first-order chi connectivity index (χ1) is 8.04. The fourth-order valence-electron chi connectivity index (χ4n) is 1.47. The molecular formula is C11H7F2NO3. The third-order valence-corrected chi connectivity index (χ3v) is 2.27. The van der Waals surface area contributed by atoms with E-state index in [9.17, 15) is 13.6 Å². The van der Waals surface area contributed by atoms with Crippen LogP contribution in [0.1, 0.15) is 10.4 Å². The van der Waals surface area contributed by atoms with Crippen molar-refractivity contribution in [2.24, 2.45) is 0 Å². The Morgan fingerprint density at radius 2 is 2.12 bits per heavy atom. The predicted octanol–water partition coefficient (Wildman–Crippen LogP) is 2.22. The standard InChI is InChI=1S/C11H7F2NO3/c1-17-10-6(11(15)16)4-5-2-3-7(12)8(13)9(5)14-10/h2-4H,1H3,(H,15,16). The molecular weight excluding hydrogens is 232 g/mol. The molecule has 1 aromatic heterocycles. The van der Waals surface area contributed by atoms with Gasteiger partial charge in [-0.05, 0) is 18.2 Å². The number of nitrogens with zero attached hydrogens (tertiary/aromatic N) is 1. The van der Waals surface area contributed by atoms with Gasteiger partial charge in [-0.3, -0.25) is 0 Å². The Morgan fingerprint density at radius 3 is 2.71 bits per heavy atom. The minimum atomic E-state index is -1.25. The Kier molecular flexibility index (Phi) is 2.63. The van der Waals surface area contributed by atoms with Gasteiger partial charge in [0.2, 0.25) is 5.88 Å². The summed E-state index contributed by atoms with van der Waals surface area (Å²) >= 11 is 0. The summed E-state index contributed by atoms with van der Waals surface area (Å²) in [6, 6.07) is 3.36. The number of hydrogen-bond acceptors (Lipinski definition) is 3. The second-order valence-electron chi connectivity index (χ2n) is 3.28. The molecule has 17 heavy (non-hydrogen) atoms. The van der Waals surface area contributed by atoms with E-state index in [-0.39, 0.29) is 22.3 Å². The largest absolute Gasteiger partial charge is 0.480 e. The van der Waals surface area contributed by atoms with E-state index < -0.39 is 17.6 Å². The summed E-state index contributed by atoms with van der Waals surface area (Å²) in [4.78, 5) is 14.5. The zero-order valence-electron chi connectivity index (χ0n) is 8.70. The molecule has 0 fully saturated rings. The molecule has 0 saturated heterocycles. The second-order valence-corrected chi connectivity index (χ2v) is 3.28. The van der Waals surface area contributed by atoms with Crippen molar-refractivity contribution in [2.45, 2.75) is 0 Å². The summed E-state index contributed by atoms with van der Waals surface area (Å²) in [5, 5.41) is 9.09. The Hall–Kier alpha value is -2.24. The first-order valence-corrected chi connectivity index (χ1v) is 4.60. The number of carboxylic acid groups (broad SMARTS) is 1. The topological polar surface area (TPSA) is 59.4 Å². The third kappa shape index (κ3) is 1.77. The number of fused-ring (bicyclic) bond motifs is 1. The first kappa shape index (κ1) is 11.3. The van der Waals surface area contributed by atoms with Crippen LogP contribution in [-0.4, -0.2) is 23.2 Å². The van der Waals surface area contributed by atoms with Gasteiger partial charge in [-0.15, -0.1) is 0 Å². The molecule has 4 nitrogen and oxygen atoms in total. The maximum Gasteiger partial charge on any atom is 0.341 e. The number of methoxy groups -OCH3 is 1. The van der Waals surface area contributed by atoms with Crippen LogP contribution >= 0.6 is 0 Å². The van der Waals surface area contributed by atoms with Gasteiger partial charge in [0.15, 0.2) is 11.6 Å².